The van der Waals surface area contributed by atoms with Crippen LogP contribution in [0, 0.1) is 17.0 Å². The topological polar surface area (TPSA) is 64.2 Å². The molecule has 0 bridgehead atoms. The van der Waals surface area contributed by atoms with Crippen molar-refractivity contribution in [2.45, 2.75) is 6.92 Å². The molecule has 0 amide bonds. The molecule has 2 aromatic rings. The lowest BCUT2D eigenvalue weighted by Gasteiger charge is -2.07. The number of nitro benzene ring substituents is 1. The first-order valence-corrected chi connectivity index (χ1v) is 5.48. The molecular formula is C12H14N4O2. The molecule has 2 rings (SSSR count). The molecule has 0 fully saturated rings. The Labute approximate surface area is 105 Å². The third-order valence-electron chi connectivity index (χ3n) is 2.64. The largest absolute Gasteiger partial charge is 0.361 e. The van der Waals surface area contributed by atoms with Crippen LogP contribution in [0.5, 0.6) is 0 Å². The van der Waals surface area contributed by atoms with Gasteiger partial charge in [-0.05, 0) is 13.0 Å². The Morgan fingerprint density at radius 1 is 1.33 bits per heavy atom. The highest BCUT2D eigenvalue weighted by Crippen LogP contribution is 2.24. The lowest BCUT2D eigenvalue weighted by atomic mass is 10.2. The monoisotopic (exact) mass is 246 g/mol. The molecule has 0 saturated heterocycles. The Morgan fingerprint density at radius 3 is 2.56 bits per heavy atom. The maximum atomic E-state index is 11.0. The molecule has 1 aromatic carbocycles. The van der Waals surface area contributed by atoms with E-state index in [1.54, 1.807) is 22.9 Å². The molecule has 94 valence electrons. The van der Waals surface area contributed by atoms with Gasteiger partial charge in [0.2, 0.25) is 0 Å². The molecular weight excluding hydrogens is 232 g/mol. The second-order valence-electron chi connectivity index (χ2n) is 4.20. The molecule has 6 nitrogen and oxygen atoms in total. The van der Waals surface area contributed by atoms with Crippen LogP contribution in [0.25, 0.3) is 5.69 Å². The van der Waals surface area contributed by atoms with E-state index in [2.05, 4.69) is 5.10 Å². The lowest BCUT2D eigenvalue weighted by molar-refractivity contribution is -0.384. The molecule has 0 atom stereocenters. The summed E-state index contributed by atoms with van der Waals surface area (Å²) in [6.45, 7) is 1.87. The summed E-state index contributed by atoms with van der Waals surface area (Å²) >= 11 is 0. The van der Waals surface area contributed by atoms with Crippen LogP contribution in [-0.2, 0) is 0 Å². The zero-order valence-electron chi connectivity index (χ0n) is 10.5. The molecule has 1 aromatic heterocycles. The van der Waals surface area contributed by atoms with E-state index in [1.165, 1.54) is 6.07 Å². The molecule has 0 radical (unpaired) electrons. The van der Waals surface area contributed by atoms with E-state index in [9.17, 15) is 10.1 Å². The highest BCUT2D eigenvalue weighted by Gasteiger charge is 2.17. The van der Waals surface area contributed by atoms with Crippen LogP contribution in [-0.4, -0.2) is 28.8 Å². The van der Waals surface area contributed by atoms with E-state index in [4.69, 9.17) is 0 Å². The van der Waals surface area contributed by atoms with E-state index in [-0.39, 0.29) is 5.69 Å². The lowest BCUT2D eigenvalue weighted by Crippen LogP contribution is -2.10. The van der Waals surface area contributed by atoms with Gasteiger partial charge < -0.3 is 4.90 Å². The number of aromatic nitrogens is 2. The number of nitro groups is 1. The standard InChI is InChI=1S/C12H14N4O2/c1-9-8-12(14(2)3)13-15(9)10-6-4-5-7-11(10)16(17)18/h4-8H,1-3H3. The number of anilines is 1. The van der Waals surface area contributed by atoms with Crippen molar-refractivity contribution in [3.63, 3.8) is 0 Å². The fourth-order valence-electron chi connectivity index (χ4n) is 1.72. The summed E-state index contributed by atoms with van der Waals surface area (Å²) in [7, 11) is 3.76. The Bertz CT molecular complexity index is 590. The number of nitrogens with zero attached hydrogens (tertiary/aromatic N) is 4. The van der Waals surface area contributed by atoms with Gasteiger partial charge in [-0.3, -0.25) is 10.1 Å². The van der Waals surface area contributed by atoms with E-state index in [0.717, 1.165) is 11.5 Å². The van der Waals surface area contributed by atoms with Gasteiger partial charge in [0.1, 0.15) is 5.69 Å². The van der Waals surface area contributed by atoms with E-state index >= 15 is 0 Å². The van der Waals surface area contributed by atoms with Crippen molar-refractivity contribution in [3.05, 3.63) is 46.1 Å². The van der Waals surface area contributed by atoms with Gasteiger partial charge in [-0.25, -0.2) is 4.68 Å². The predicted octanol–water partition coefficient (Wildman–Crippen LogP) is 2.15. The highest BCUT2D eigenvalue weighted by molar-refractivity contribution is 5.54. The van der Waals surface area contributed by atoms with Crippen LogP contribution >= 0.6 is 0 Å². The van der Waals surface area contributed by atoms with Crippen molar-refractivity contribution in [3.8, 4) is 5.69 Å². The molecule has 18 heavy (non-hydrogen) atoms. The summed E-state index contributed by atoms with van der Waals surface area (Å²) in [5.74, 6) is 0.769. The van der Waals surface area contributed by atoms with Gasteiger partial charge in [-0.1, -0.05) is 12.1 Å². The van der Waals surface area contributed by atoms with E-state index in [0.29, 0.717) is 5.69 Å². The number of hydrogen-bond acceptors (Lipinski definition) is 4. The van der Waals surface area contributed by atoms with Gasteiger partial charge >= 0.3 is 0 Å². The van der Waals surface area contributed by atoms with Gasteiger partial charge in [0.15, 0.2) is 5.82 Å². The van der Waals surface area contributed by atoms with Crippen LogP contribution in [0.2, 0.25) is 0 Å². The summed E-state index contributed by atoms with van der Waals surface area (Å²) in [5.41, 5.74) is 1.38. The fourth-order valence-corrected chi connectivity index (χ4v) is 1.72. The number of rotatable bonds is 3. The Morgan fingerprint density at radius 2 is 2.00 bits per heavy atom. The minimum absolute atomic E-state index is 0.0500. The zero-order chi connectivity index (χ0) is 13.3. The molecule has 0 saturated carbocycles. The fraction of sp³-hybridized carbons (Fsp3) is 0.250. The second kappa shape index (κ2) is 4.48. The molecule has 0 aliphatic rings. The summed E-state index contributed by atoms with van der Waals surface area (Å²) in [6, 6.07) is 8.46. The highest BCUT2D eigenvalue weighted by atomic mass is 16.6. The molecule has 0 spiro atoms. The predicted molar refractivity (Wildman–Crippen MR) is 69.3 cm³/mol. The molecule has 6 heteroatoms. The maximum Gasteiger partial charge on any atom is 0.294 e. The van der Waals surface area contributed by atoms with Crippen LogP contribution in [0.1, 0.15) is 5.69 Å². The molecule has 1 heterocycles. The zero-order valence-corrected chi connectivity index (χ0v) is 10.5. The number of aryl methyl sites for hydroxylation is 1. The summed E-state index contributed by atoms with van der Waals surface area (Å²) in [4.78, 5) is 12.5. The first-order chi connectivity index (χ1) is 8.50. The molecule has 0 aliphatic carbocycles. The summed E-state index contributed by atoms with van der Waals surface area (Å²) < 4.78 is 1.59. The minimum atomic E-state index is -0.397. The molecule has 0 aliphatic heterocycles. The van der Waals surface area contributed by atoms with Gasteiger partial charge in [0, 0.05) is 31.9 Å². The van der Waals surface area contributed by atoms with Crippen LogP contribution < -0.4 is 4.90 Å². The smallest absolute Gasteiger partial charge is 0.294 e. The van der Waals surface area contributed by atoms with Crippen LogP contribution in [0.3, 0.4) is 0 Å². The summed E-state index contributed by atoms with van der Waals surface area (Å²) in [5, 5.41) is 15.4. The number of para-hydroxylation sites is 2. The van der Waals surface area contributed by atoms with Gasteiger partial charge in [0.25, 0.3) is 5.69 Å². The van der Waals surface area contributed by atoms with Crippen LogP contribution in [0.4, 0.5) is 11.5 Å². The maximum absolute atomic E-state index is 11.0. The third-order valence-corrected chi connectivity index (χ3v) is 2.64. The van der Waals surface area contributed by atoms with E-state index < -0.39 is 4.92 Å². The normalized spacial score (nSPS) is 10.4. The van der Waals surface area contributed by atoms with Crippen molar-refractivity contribution in [2.24, 2.45) is 0 Å². The SMILES string of the molecule is Cc1cc(N(C)C)nn1-c1ccccc1[N+](=O)[O-]. The van der Waals surface area contributed by atoms with Crippen molar-refractivity contribution in [1.82, 2.24) is 9.78 Å². The first kappa shape index (κ1) is 12.1. The van der Waals surface area contributed by atoms with Gasteiger partial charge in [-0.2, -0.15) is 0 Å². The van der Waals surface area contributed by atoms with Gasteiger partial charge in [-0.15, -0.1) is 5.10 Å². The van der Waals surface area contributed by atoms with E-state index in [1.807, 2.05) is 32.0 Å². The second-order valence-corrected chi connectivity index (χ2v) is 4.20. The van der Waals surface area contributed by atoms with Crippen molar-refractivity contribution in [2.75, 3.05) is 19.0 Å². The Hall–Kier alpha value is -2.37. The molecule has 0 N–H and O–H groups in total. The van der Waals surface area contributed by atoms with Gasteiger partial charge in [0.05, 0.1) is 4.92 Å². The number of benzene rings is 1. The quantitative estimate of drug-likeness (QED) is 0.615. The summed E-state index contributed by atoms with van der Waals surface area (Å²) in [6.07, 6.45) is 0. The van der Waals surface area contributed by atoms with Crippen molar-refractivity contribution < 1.29 is 4.92 Å². The average molecular weight is 246 g/mol. The Kier molecular flexibility index (Phi) is 3.01. The third kappa shape index (κ3) is 2.04. The van der Waals surface area contributed by atoms with Crippen molar-refractivity contribution in [1.29, 1.82) is 0 Å². The minimum Gasteiger partial charge on any atom is -0.361 e. The Balaban J connectivity index is 2.58. The molecule has 0 unspecified atom stereocenters. The van der Waals surface area contributed by atoms with Crippen LogP contribution in [0.15, 0.2) is 30.3 Å². The first-order valence-electron chi connectivity index (χ1n) is 5.48. The average Bonchev–Trinajstić information content (AvgIpc) is 2.71. The number of hydrogen-bond donors (Lipinski definition) is 0. The van der Waals surface area contributed by atoms with Crippen molar-refractivity contribution >= 4 is 11.5 Å².